The van der Waals surface area contributed by atoms with Gasteiger partial charge in [-0.15, -0.1) is 0 Å². The van der Waals surface area contributed by atoms with Crippen molar-refractivity contribution < 1.29 is 9.13 Å². The van der Waals surface area contributed by atoms with Crippen LogP contribution in [-0.2, 0) is 0 Å². The summed E-state index contributed by atoms with van der Waals surface area (Å²) in [4.78, 5) is 2.43. The van der Waals surface area contributed by atoms with Gasteiger partial charge in [-0.2, -0.15) is 0 Å². The molecule has 0 aliphatic carbocycles. The van der Waals surface area contributed by atoms with Gasteiger partial charge in [0.2, 0.25) is 0 Å². The average molecular weight is 266 g/mol. The van der Waals surface area contributed by atoms with Gasteiger partial charge in [-0.1, -0.05) is 6.07 Å². The average Bonchev–Trinajstić information content (AvgIpc) is 2.89. The molecule has 0 radical (unpaired) electrons. The normalized spacial score (nSPS) is 17.6. The van der Waals surface area contributed by atoms with E-state index in [9.17, 15) is 4.39 Å². The van der Waals surface area contributed by atoms with E-state index in [0.717, 1.165) is 18.5 Å². The lowest BCUT2D eigenvalue weighted by atomic mass is 10.1. The number of hydrogen-bond acceptors (Lipinski definition) is 3. The van der Waals surface area contributed by atoms with Crippen molar-refractivity contribution in [3.8, 4) is 5.75 Å². The second-order valence-electron chi connectivity index (χ2n) is 5.23. The van der Waals surface area contributed by atoms with Crippen molar-refractivity contribution in [2.75, 3.05) is 26.2 Å². The Bertz CT molecular complexity index is 403. The van der Waals surface area contributed by atoms with Crippen LogP contribution >= 0.6 is 0 Å². The van der Waals surface area contributed by atoms with Crippen LogP contribution in [-0.4, -0.2) is 31.1 Å². The second kappa shape index (κ2) is 6.87. The molecule has 0 aromatic heterocycles. The van der Waals surface area contributed by atoms with Gasteiger partial charge in [-0.3, -0.25) is 0 Å². The minimum Gasteiger partial charge on any atom is -0.490 e. The van der Waals surface area contributed by atoms with Crippen LogP contribution in [0.1, 0.15) is 37.8 Å². The summed E-state index contributed by atoms with van der Waals surface area (Å²) in [6, 6.07) is 4.80. The van der Waals surface area contributed by atoms with Crippen LogP contribution < -0.4 is 10.5 Å². The van der Waals surface area contributed by atoms with Gasteiger partial charge < -0.3 is 15.4 Å². The SMILES string of the molecule is C[C@H](N)c1ccc(OCCCN2CCCC2)c(F)c1. The summed E-state index contributed by atoms with van der Waals surface area (Å²) in [5.41, 5.74) is 6.50. The summed E-state index contributed by atoms with van der Waals surface area (Å²) >= 11 is 0. The molecule has 0 unspecified atom stereocenters. The van der Waals surface area contributed by atoms with Crippen LogP contribution in [0.4, 0.5) is 4.39 Å². The molecular formula is C15H23FN2O. The third-order valence-electron chi connectivity index (χ3n) is 3.56. The van der Waals surface area contributed by atoms with Gasteiger partial charge in [0.05, 0.1) is 6.61 Å². The molecule has 1 fully saturated rings. The predicted octanol–water partition coefficient (Wildman–Crippen LogP) is 2.71. The van der Waals surface area contributed by atoms with E-state index in [0.29, 0.717) is 12.4 Å². The molecule has 1 aromatic carbocycles. The maximum atomic E-state index is 13.7. The standard InChI is InChI=1S/C15H23FN2O/c1-12(17)13-5-6-15(14(16)11-13)19-10-4-9-18-7-2-3-8-18/h5-6,11-12H,2-4,7-10,17H2,1H3/t12-/m0/s1. The third kappa shape index (κ3) is 4.18. The highest BCUT2D eigenvalue weighted by atomic mass is 19.1. The van der Waals surface area contributed by atoms with Gasteiger partial charge in [0, 0.05) is 12.6 Å². The van der Waals surface area contributed by atoms with E-state index in [4.69, 9.17) is 10.5 Å². The Morgan fingerprint density at radius 3 is 2.74 bits per heavy atom. The van der Waals surface area contributed by atoms with Crippen LogP contribution in [0.3, 0.4) is 0 Å². The Kier molecular flexibility index (Phi) is 5.16. The maximum Gasteiger partial charge on any atom is 0.165 e. The number of nitrogens with zero attached hydrogens (tertiary/aromatic N) is 1. The zero-order chi connectivity index (χ0) is 13.7. The number of rotatable bonds is 6. The first kappa shape index (κ1) is 14.3. The highest BCUT2D eigenvalue weighted by Crippen LogP contribution is 2.21. The Morgan fingerprint density at radius 2 is 2.11 bits per heavy atom. The zero-order valence-electron chi connectivity index (χ0n) is 11.6. The Morgan fingerprint density at radius 1 is 1.37 bits per heavy atom. The monoisotopic (exact) mass is 266 g/mol. The summed E-state index contributed by atoms with van der Waals surface area (Å²) < 4.78 is 19.2. The molecule has 1 heterocycles. The number of halogens is 1. The van der Waals surface area contributed by atoms with Crippen molar-refractivity contribution in [1.82, 2.24) is 4.90 Å². The van der Waals surface area contributed by atoms with E-state index in [2.05, 4.69) is 4.90 Å². The molecule has 3 nitrogen and oxygen atoms in total. The Labute approximate surface area is 114 Å². The number of benzene rings is 1. The molecule has 0 amide bonds. The van der Waals surface area contributed by atoms with Crippen molar-refractivity contribution in [2.45, 2.75) is 32.2 Å². The first-order valence-corrected chi connectivity index (χ1v) is 7.07. The fourth-order valence-electron chi connectivity index (χ4n) is 2.39. The zero-order valence-corrected chi connectivity index (χ0v) is 11.6. The highest BCUT2D eigenvalue weighted by Gasteiger charge is 2.11. The molecule has 4 heteroatoms. The lowest BCUT2D eigenvalue weighted by Crippen LogP contribution is -2.22. The molecular weight excluding hydrogens is 243 g/mol. The molecule has 1 aromatic rings. The molecule has 19 heavy (non-hydrogen) atoms. The van der Waals surface area contributed by atoms with E-state index in [1.165, 1.54) is 32.0 Å². The number of ether oxygens (including phenoxy) is 1. The molecule has 1 aliphatic heterocycles. The van der Waals surface area contributed by atoms with Gasteiger partial charge in [-0.25, -0.2) is 4.39 Å². The van der Waals surface area contributed by atoms with E-state index in [1.54, 1.807) is 6.07 Å². The largest absolute Gasteiger partial charge is 0.490 e. The summed E-state index contributed by atoms with van der Waals surface area (Å²) in [5, 5.41) is 0. The molecule has 1 saturated heterocycles. The fraction of sp³-hybridized carbons (Fsp3) is 0.600. The first-order valence-electron chi connectivity index (χ1n) is 7.07. The van der Waals surface area contributed by atoms with Crippen molar-refractivity contribution in [3.05, 3.63) is 29.6 Å². The van der Waals surface area contributed by atoms with Gasteiger partial charge in [0.1, 0.15) is 0 Å². The first-order chi connectivity index (χ1) is 9.16. The van der Waals surface area contributed by atoms with E-state index < -0.39 is 0 Å². The highest BCUT2D eigenvalue weighted by molar-refractivity contribution is 5.30. The van der Waals surface area contributed by atoms with Crippen LogP contribution in [0.5, 0.6) is 5.75 Å². The Balaban J connectivity index is 1.76. The number of hydrogen-bond donors (Lipinski definition) is 1. The number of likely N-dealkylation sites (tertiary alicyclic amines) is 1. The fourth-order valence-corrected chi connectivity index (χ4v) is 2.39. The molecule has 1 atom stereocenters. The van der Waals surface area contributed by atoms with Crippen LogP contribution in [0, 0.1) is 5.82 Å². The predicted molar refractivity (Wildman–Crippen MR) is 74.8 cm³/mol. The molecule has 0 spiro atoms. The van der Waals surface area contributed by atoms with Crippen molar-refractivity contribution in [3.63, 3.8) is 0 Å². The Hall–Kier alpha value is -1.13. The van der Waals surface area contributed by atoms with Crippen LogP contribution in [0.15, 0.2) is 18.2 Å². The van der Waals surface area contributed by atoms with Gasteiger partial charge >= 0.3 is 0 Å². The number of nitrogens with two attached hydrogens (primary N) is 1. The molecule has 0 saturated carbocycles. The topological polar surface area (TPSA) is 38.5 Å². The van der Waals surface area contributed by atoms with E-state index >= 15 is 0 Å². The van der Waals surface area contributed by atoms with Crippen LogP contribution in [0.2, 0.25) is 0 Å². The third-order valence-corrected chi connectivity index (χ3v) is 3.56. The van der Waals surface area contributed by atoms with Gasteiger partial charge in [0.25, 0.3) is 0 Å². The molecule has 1 aliphatic rings. The second-order valence-corrected chi connectivity index (χ2v) is 5.23. The summed E-state index contributed by atoms with van der Waals surface area (Å²) in [6.07, 6.45) is 3.54. The lowest BCUT2D eigenvalue weighted by Gasteiger charge is -2.15. The summed E-state index contributed by atoms with van der Waals surface area (Å²) in [6.45, 7) is 5.82. The van der Waals surface area contributed by atoms with Crippen molar-refractivity contribution in [1.29, 1.82) is 0 Å². The minimum atomic E-state index is -0.323. The minimum absolute atomic E-state index is 0.154. The lowest BCUT2D eigenvalue weighted by molar-refractivity contribution is 0.255. The summed E-state index contributed by atoms with van der Waals surface area (Å²) in [7, 11) is 0. The molecule has 2 rings (SSSR count). The smallest absolute Gasteiger partial charge is 0.165 e. The van der Waals surface area contributed by atoms with E-state index in [-0.39, 0.29) is 11.9 Å². The molecule has 0 bridgehead atoms. The van der Waals surface area contributed by atoms with Gasteiger partial charge in [0.15, 0.2) is 11.6 Å². The van der Waals surface area contributed by atoms with Crippen LogP contribution in [0.25, 0.3) is 0 Å². The van der Waals surface area contributed by atoms with Crippen molar-refractivity contribution >= 4 is 0 Å². The molecule has 2 N–H and O–H groups in total. The van der Waals surface area contributed by atoms with Gasteiger partial charge in [-0.05, 0) is 57.0 Å². The maximum absolute atomic E-state index is 13.7. The summed E-state index contributed by atoms with van der Waals surface area (Å²) in [5.74, 6) is 0.00166. The van der Waals surface area contributed by atoms with Crippen molar-refractivity contribution in [2.24, 2.45) is 5.73 Å². The van der Waals surface area contributed by atoms with E-state index in [1.807, 2.05) is 13.0 Å². The quantitative estimate of drug-likeness (QED) is 0.805. The molecule has 106 valence electrons.